The molecule has 11 unspecified atom stereocenters. The van der Waals surface area contributed by atoms with E-state index in [9.17, 15) is 40.5 Å². The molecule has 0 radical (unpaired) electrons. The molecule has 2 aliphatic rings. The predicted octanol–water partition coefficient (Wildman–Crippen LogP) is 10.4. The van der Waals surface area contributed by atoms with E-state index in [0.29, 0.717) is 13.0 Å². The summed E-state index contributed by atoms with van der Waals surface area (Å²) in [7, 11) is 0. The second-order valence-corrected chi connectivity index (χ2v) is 20.1. The lowest BCUT2D eigenvalue weighted by molar-refractivity contribution is -0.332. The Labute approximate surface area is 452 Å². The van der Waals surface area contributed by atoms with Crippen LogP contribution in [0.2, 0.25) is 0 Å². The van der Waals surface area contributed by atoms with Crippen molar-refractivity contribution >= 4 is 5.97 Å². The first kappa shape index (κ1) is 68.3. The molecule has 0 aliphatic carbocycles. The van der Waals surface area contributed by atoms with Gasteiger partial charge in [-0.25, -0.2) is 0 Å². The first-order valence-electron chi connectivity index (χ1n) is 29.2. The highest BCUT2D eigenvalue weighted by Crippen LogP contribution is 2.26. The Bertz CT molecular complexity index is 1560. The third kappa shape index (κ3) is 33.9. The van der Waals surface area contributed by atoms with Crippen LogP contribution in [-0.2, 0) is 33.2 Å². The maximum atomic E-state index is 13.0. The number of carbonyl (C=O) groups excluding carboxylic acids is 1. The van der Waals surface area contributed by atoms with Crippen LogP contribution in [0.5, 0.6) is 0 Å². The number of esters is 1. The summed E-state index contributed by atoms with van der Waals surface area (Å²) >= 11 is 0. The summed E-state index contributed by atoms with van der Waals surface area (Å²) in [6, 6.07) is 0. The van der Waals surface area contributed by atoms with Gasteiger partial charge in [0.05, 0.1) is 26.4 Å². The summed E-state index contributed by atoms with van der Waals surface area (Å²) in [5.74, 6) is -0.395. The summed E-state index contributed by atoms with van der Waals surface area (Å²) in [6.45, 7) is 3.43. The van der Waals surface area contributed by atoms with E-state index < -0.39 is 86.7 Å². The summed E-state index contributed by atoms with van der Waals surface area (Å²) in [6.07, 6.45) is 45.1. The maximum Gasteiger partial charge on any atom is 0.306 e. The van der Waals surface area contributed by atoms with Gasteiger partial charge in [-0.3, -0.25) is 4.79 Å². The fraction of sp³-hybridized carbons (Fsp3) is 0.754. The molecule has 0 amide bonds. The van der Waals surface area contributed by atoms with Crippen molar-refractivity contribution in [1.29, 1.82) is 0 Å². The minimum Gasteiger partial charge on any atom is -0.457 e. The molecule has 0 spiro atoms. The van der Waals surface area contributed by atoms with Crippen LogP contribution in [0.15, 0.2) is 85.1 Å². The zero-order valence-electron chi connectivity index (χ0n) is 46.3. The Morgan fingerprint density at radius 3 is 1.29 bits per heavy atom. The number of carbonyl (C=O) groups is 1. The summed E-state index contributed by atoms with van der Waals surface area (Å²) < 4.78 is 34.4. The molecule has 2 aliphatic heterocycles. The van der Waals surface area contributed by atoms with Gasteiger partial charge >= 0.3 is 5.97 Å². The highest BCUT2D eigenvalue weighted by Gasteiger charge is 2.47. The minimum absolute atomic E-state index is 0.0495. The van der Waals surface area contributed by atoms with Crippen molar-refractivity contribution < 1.29 is 69.0 Å². The average Bonchev–Trinajstić information content (AvgIpc) is 3.41. The Hall–Kier alpha value is -2.83. The second kappa shape index (κ2) is 47.2. The van der Waals surface area contributed by atoms with Gasteiger partial charge in [0.2, 0.25) is 0 Å². The molecule has 2 heterocycles. The van der Waals surface area contributed by atoms with Gasteiger partial charge in [-0.05, 0) is 83.5 Å². The van der Waals surface area contributed by atoms with Crippen molar-refractivity contribution in [1.82, 2.24) is 0 Å². The summed E-state index contributed by atoms with van der Waals surface area (Å²) in [4.78, 5) is 13.0. The molecular weight excluding hydrogens is 957 g/mol. The molecule has 0 aromatic heterocycles. The smallest absolute Gasteiger partial charge is 0.306 e. The van der Waals surface area contributed by atoms with Crippen LogP contribution in [0.3, 0.4) is 0 Å². The lowest BCUT2D eigenvalue weighted by atomic mass is 9.98. The number of hydrogen-bond acceptors (Lipinski definition) is 14. The summed E-state index contributed by atoms with van der Waals surface area (Å²) in [5.41, 5.74) is 0. The van der Waals surface area contributed by atoms with Crippen molar-refractivity contribution in [3.8, 4) is 0 Å². The molecule has 0 bridgehead atoms. The van der Waals surface area contributed by atoms with Gasteiger partial charge in [0.1, 0.15) is 54.9 Å². The van der Waals surface area contributed by atoms with Crippen molar-refractivity contribution in [3.63, 3.8) is 0 Å². The Balaban J connectivity index is 1.69. The molecule has 0 aromatic rings. The molecule has 2 fully saturated rings. The molecule has 432 valence electrons. The molecule has 0 aromatic carbocycles. The number of unbranched alkanes of at least 4 members (excludes halogenated alkanes) is 18. The monoisotopic (exact) mass is 1060 g/mol. The van der Waals surface area contributed by atoms with Crippen LogP contribution in [0.4, 0.5) is 0 Å². The van der Waals surface area contributed by atoms with E-state index in [1.807, 2.05) is 0 Å². The number of ether oxygens (including phenoxy) is 6. The average molecular weight is 1060 g/mol. The normalized spacial score (nSPS) is 25.2. The molecule has 14 heteroatoms. The lowest BCUT2D eigenvalue weighted by Gasteiger charge is -2.42. The topological polar surface area (TPSA) is 214 Å². The predicted molar refractivity (Wildman–Crippen MR) is 298 cm³/mol. The molecule has 0 saturated carbocycles. The van der Waals surface area contributed by atoms with Gasteiger partial charge in [-0.1, -0.05) is 189 Å². The third-order valence-corrected chi connectivity index (χ3v) is 13.4. The quantitative estimate of drug-likeness (QED) is 0.0172. The van der Waals surface area contributed by atoms with E-state index in [0.717, 1.165) is 96.3 Å². The molecule has 7 N–H and O–H groups in total. The zero-order chi connectivity index (χ0) is 54.4. The van der Waals surface area contributed by atoms with Crippen LogP contribution in [0.25, 0.3) is 0 Å². The summed E-state index contributed by atoms with van der Waals surface area (Å²) in [5, 5.41) is 72.3. The van der Waals surface area contributed by atoms with Crippen molar-refractivity contribution in [2.24, 2.45) is 0 Å². The van der Waals surface area contributed by atoms with Crippen LogP contribution >= 0.6 is 0 Å². The molecule has 2 saturated heterocycles. The fourth-order valence-corrected chi connectivity index (χ4v) is 8.76. The number of aliphatic hydroxyl groups excluding tert-OH is 7. The van der Waals surface area contributed by atoms with E-state index in [1.54, 1.807) is 0 Å². The molecule has 11 atom stereocenters. The van der Waals surface area contributed by atoms with E-state index >= 15 is 0 Å². The van der Waals surface area contributed by atoms with Gasteiger partial charge in [-0.15, -0.1) is 0 Å². The largest absolute Gasteiger partial charge is 0.457 e. The van der Waals surface area contributed by atoms with Gasteiger partial charge < -0.3 is 64.2 Å². The van der Waals surface area contributed by atoms with Crippen LogP contribution in [0.1, 0.15) is 194 Å². The standard InChI is InChI=1S/C61H104O14/c1-3-5-7-9-11-13-15-17-19-20-21-22-23-24-25-26-27-28-29-31-33-35-37-39-41-43-45-70-47-50(73-53(63)44-42-40-38-36-34-32-30-18-16-14-12-10-8-6-4-2)48-71-60-59(69)57(67)55(65)52(75-60)49-72-61-58(68)56(66)54(64)51(46-62)74-61/h5-8,11-14,17-19,21-22,30,50-52,54-62,64-69H,3-4,9-10,15-16,20,23-29,31-49H2,1-2H3/b7-5-,8-6-,13-11-,14-12-,19-17-,22-21-,30-18-. The van der Waals surface area contributed by atoms with Crippen LogP contribution < -0.4 is 0 Å². The lowest BCUT2D eigenvalue weighted by Crippen LogP contribution is -2.61. The van der Waals surface area contributed by atoms with Gasteiger partial charge in [0, 0.05) is 13.0 Å². The van der Waals surface area contributed by atoms with Gasteiger partial charge in [0.25, 0.3) is 0 Å². The number of rotatable bonds is 46. The highest BCUT2D eigenvalue weighted by atomic mass is 16.7. The number of aliphatic hydroxyl groups is 7. The number of allylic oxidation sites excluding steroid dienone is 14. The second-order valence-electron chi connectivity index (χ2n) is 20.1. The highest BCUT2D eigenvalue weighted by molar-refractivity contribution is 5.69. The van der Waals surface area contributed by atoms with Crippen LogP contribution in [-0.4, -0.2) is 142 Å². The van der Waals surface area contributed by atoms with Crippen molar-refractivity contribution in [3.05, 3.63) is 85.1 Å². The van der Waals surface area contributed by atoms with Crippen molar-refractivity contribution in [2.75, 3.05) is 33.0 Å². The first-order chi connectivity index (χ1) is 36.6. The van der Waals surface area contributed by atoms with Crippen molar-refractivity contribution in [2.45, 2.75) is 261 Å². The maximum absolute atomic E-state index is 13.0. The fourth-order valence-electron chi connectivity index (χ4n) is 8.76. The van der Waals surface area contributed by atoms with Gasteiger partial charge in [-0.2, -0.15) is 0 Å². The first-order valence-corrected chi connectivity index (χ1v) is 29.2. The van der Waals surface area contributed by atoms with E-state index in [-0.39, 0.29) is 19.6 Å². The van der Waals surface area contributed by atoms with Crippen LogP contribution in [0, 0.1) is 0 Å². The molecule has 75 heavy (non-hydrogen) atoms. The Morgan fingerprint density at radius 1 is 0.440 bits per heavy atom. The minimum atomic E-state index is -1.71. The SMILES string of the molecule is CC/C=C\C/C=C\C/C=C\C/C=C\CCCCCCCCCCCCCCCOCC(COC1OC(COC2OC(CO)C(O)C(O)C2O)C(O)C(O)C1O)OC(=O)CCCCCCC/C=C\C/C=C\C/C=C\CC. The Morgan fingerprint density at radius 2 is 0.827 bits per heavy atom. The number of hydrogen-bond donors (Lipinski definition) is 7. The van der Waals surface area contributed by atoms with E-state index in [4.69, 9.17) is 28.4 Å². The molecule has 2 rings (SSSR count). The zero-order valence-corrected chi connectivity index (χ0v) is 46.3. The molecular formula is C61H104O14. The van der Waals surface area contributed by atoms with E-state index in [1.165, 1.54) is 70.6 Å². The van der Waals surface area contributed by atoms with E-state index in [2.05, 4.69) is 98.9 Å². The Kier molecular flexibility index (Phi) is 43.0. The van der Waals surface area contributed by atoms with Gasteiger partial charge in [0.15, 0.2) is 12.6 Å². The molecule has 14 nitrogen and oxygen atoms in total. The third-order valence-electron chi connectivity index (χ3n) is 13.4.